The maximum Gasteiger partial charge on any atom is 0.227 e. The van der Waals surface area contributed by atoms with E-state index in [2.05, 4.69) is 19.2 Å². The molecule has 0 unspecified atom stereocenters. The van der Waals surface area contributed by atoms with Gasteiger partial charge in [-0.1, -0.05) is 19.9 Å². The molecule has 1 aliphatic heterocycles. The minimum absolute atomic E-state index is 0.00686. The largest absolute Gasteiger partial charge is 0.495 e. The molecule has 0 bridgehead atoms. The lowest BCUT2D eigenvalue weighted by Gasteiger charge is -2.30. The van der Waals surface area contributed by atoms with Gasteiger partial charge in [0.2, 0.25) is 11.8 Å². The quantitative estimate of drug-likeness (QED) is 0.928. The van der Waals surface area contributed by atoms with Gasteiger partial charge in [-0.05, 0) is 36.5 Å². The molecule has 5 heteroatoms. The number of likely N-dealkylation sites (tertiary alicyclic amines) is 1. The molecule has 2 rings (SSSR count). The zero-order valence-corrected chi connectivity index (χ0v) is 14.4. The van der Waals surface area contributed by atoms with Gasteiger partial charge >= 0.3 is 0 Å². The minimum Gasteiger partial charge on any atom is -0.495 e. The molecule has 23 heavy (non-hydrogen) atoms. The molecule has 0 aromatic heterocycles. The fourth-order valence-corrected chi connectivity index (χ4v) is 2.87. The van der Waals surface area contributed by atoms with E-state index in [1.807, 2.05) is 18.2 Å². The van der Waals surface area contributed by atoms with Crippen molar-refractivity contribution in [2.75, 3.05) is 25.5 Å². The second-order valence-electron chi connectivity index (χ2n) is 6.38. The molecule has 0 aliphatic carbocycles. The van der Waals surface area contributed by atoms with E-state index >= 15 is 0 Å². The number of piperidine rings is 1. The molecule has 1 aliphatic rings. The normalized spacial score (nSPS) is 15.6. The summed E-state index contributed by atoms with van der Waals surface area (Å²) in [7, 11) is 1.60. The van der Waals surface area contributed by atoms with Crippen LogP contribution in [-0.2, 0) is 9.59 Å². The Morgan fingerprint density at radius 2 is 1.91 bits per heavy atom. The smallest absolute Gasteiger partial charge is 0.227 e. The topological polar surface area (TPSA) is 58.6 Å². The molecule has 126 valence electrons. The number of nitrogens with zero attached hydrogens (tertiary/aromatic N) is 1. The molecule has 1 aromatic rings. The van der Waals surface area contributed by atoms with Crippen LogP contribution in [0.1, 0.15) is 45.1 Å². The summed E-state index contributed by atoms with van der Waals surface area (Å²) in [6.07, 6.45) is 1.41. The van der Waals surface area contributed by atoms with Crippen molar-refractivity contribution in [1.82, 2.24) is 4.90 Å². The van der Waals surface area contributed by atoms with Crippen molar-refractivity contribution < 1.29 is 14.3 Å². The highest BCUT2D eigenvalue weighted by Gasteiger charge is 2.26. The lowest BCUT2D eigenvalue weighted by atomic mass is 9.95. The number of methoxy groups -OCH3 is 1. The zero-order valence-electron chi connectivity index (χ0n) is 14.4. The monoisotopic (exact) mass is 318 g/mol. The Morgan fingerprint density at radius 3 is 2.43 bits per heavy atom. The van der Waals surface area contributed by atoms with Crippen LogP contribution >= 0.6 is 0 Å². The van der Waals surface area contributed by atoms with Gasteiger partial charge in [0, 0.05) is 25.9 Å². The third-order valence-electron chi connectivity index (χ3n) is 4.46. The Morgan fingerprint density at radius 1 is 1.26 bits per heavy atom. The van der Waals surface area contributed by atoms with Crippen molar-refractivity contribution >= 4 is 17.5 Å². The molecule has 5 nitrogen and oxygen atoms in total. The van der Waals surface area contributed by atoms with Crippen LogP contribution in [0, 0.1) is 5.92 Å². The number of ether oxygens (including phenoxy) is 1. The fraction of sp³-hybridized carbons (Fsp3) is 0.556. The first-order chi connectivity index (χ1) is 10.9. The van der Waals surface area contributed by atoms with E-state index in [1.54, 1.807) is 18.9 Å². The van der Waals surface area contributed by atoms with E-state index < -0.39 is 0 Å². The van der Waals surface area contributed by atoms with Crippen molar-refractivity contribution in [3.8, 4) is 5.75 Å². The Kier molecular flexibility index (Phi) is 5.64. The SMILES string of the molecule is COc1ccc(C(C)C)cc1NC(=O)C1CCN(C(C)=O)CC1. The summed E-state index contributed by atoms with van der Waals surface area (Å²) < 4.78 is 5.35. The van der Waals surface area contributed by atoms with Gasteiger partial charge in [0.1, 0.15) is 5.75 Å². The number of carbonyl (C=O) groups excluding carboxylic acids is 2. The molecule has 1 heterocycles. The van der Waals surface area contributed by atoms with Crippen LogP contribution in [-0.4, -0.2) is 36.9 Å². The average Bonchev–Trinajstić information content (AvgIpc) is 2.54. The van der Waals surface area contributed by atoms with Crippen LogP contribution in [0.15, 0.2) is 18.2 Å². The second-order valence-corrected chi connectivity index (χ2v) is 6.38. The van der Waals surface area contributed by atoms with E-state index in [0.29, 0.717) is 37.6 Å². The highest BCUT2D eigenvalue weighted by Crippen LogP contribution is 2.30. The molecule has 1 N–H and O–H groups in total. The number of rotatable bonds is 4. The number of anilines is 1. The van der Waals surface area contributed by atoms with Crippen molar-refractivity contribution in [1.29, 1.82) is 0 Å². The molecule has 0 radical (unpaired) electrons. The van der Waals surface area contributed by atoms with Gasteiger partial charge in [0.25, 0.3) is 0 Å². The summed E-state index contributed by atoms with van der Waals surface area (Å²) in [5, 5.41) is 3.00. The first-order valence-electron chi connectivity index (χ1n) is 8.16. The predicted molar refractivity (Wildman–Crippen MR) is 90.7 cm³/mol. The first-order valence-corrected chi connectivity index (χ1v) is 8.16. The second kappa shape index (κ2) is 7.49. The Hall–Kier alpha value is -2.04. The summed E-state index contributed by atoms with van der Waals surface area (Å²) >= 11 is 0. The number of carbonyl (C=O) groups is 2. The molecule has 0 atom stereocenters. The molecule has 1 saturated heterocycles. The standard InChI is InChI=1S/C18H26N2O3/c1-12(2)15-5-6-17(23-4)16(11-15)19-18(22)14-7-9-20(10-8-14)13(3)21/h5-6,11-12,14H,7-10H2,1-4H3,(H,19,22). The summed E-state index contributed by atoms with van der Waals surface area (Å²) in [6, 6.07) is 5.89. The zero-order chi connectivity index (χ0) is 17.0. The third kappa shape index (κ3) is 4.24. The summed E-state index contributed by atoms with van der Waals surface area (Å²) in [4.78, 5) is 25.7. The van der Waals surface area contributed by atoms with Gasteiger partial charge in [0.05, 0.1) is 12.8 Å². The maximum absolute atomic E-state index is 12.5. The maximum atomic E-state index is 12.5. The van der Waals surface area contributed by atoms with E-state index in [1.165, 1.54) is 0 Å². The number of hydrogen-bond acceptors (Lipinski definition) is 3. The van der Waals surface area contributed by atoms with Crippen LogP contribution in [0.2, 0.25) is 0 Å². The van der Waals surface area contributed by atoms with Crippen LogP contribution in [0.25, 0.3) is 0 Å². The molecule has 2 amide bonds. The number of amides is 2. The van der Waals surface area contributed by atoms with Crippen LogP contribution in [0.3, 0.4) is 0 Å². The summed E-state index contributed by atoms with van der Waals surface area (Å²) in [5.74, 6) is 1.08. The van der Waals surface area contributed by atoms with Gasteiger partial charge in [-0.2, -0.15) is 0 Å². The van der Waals surface area contributed by atoms with Gasteiger partial charge in [-0.25, -0.2) is 0 Å². The van der Waals surface area contributed by atoms with Crippen LogP contribution < -0.4 is 10.1 Å². The lowest BCUT2D eigenvalue weighted by Crippen LogP contribution is -2.40. The average molecular weight is 318 g/mol. The number of hydrogen-bond donors (Lipinski definition) is 1. The van der Waals surface area contributed by atoms with E-state index in [9.17, 15) is 9.59 Å². The lowest BCUT2D eigenvalue weighted by molar-refractivity contribution is -0.132. The summed E-state index contributed by atoms with van der Waals surface area (Å²) in [6.45, 7) is 7.10. The van der Waals surface area contributed by atoms with Gasteiger partial charge < -0.3 is 15.0 Å². The van der Waals surface area contributed by atoms with Gasteiger partial charge in [0.15, 0.2) is 0 Å². The van der Waals surface area contributed by atoms with Gasteiger partial charge in [-0.15, -0.1) is 0 Å². The first kappa shape index (κ1) is 17.3. The van der Waals surface area contributed by atoms with E-state index in [-0.39, 0.29) is 17.7 Å². The molecule has 1 fully saturated rings. The minimum atomic E-state index is -0.0574. The highest BCUT2D eigenvalue weighted by atomic mass is 16.5. The fourth-order valence-electron chi connectivity index (χ4n) is 2.87. The molecule has 1 aromatic carbocycles. The van der Waals surface area contributed by atoms with Crippen LogP contribution in [0.4, 0.5) is 5.69 Å². The third-order valence-corrected chi connectivity index (χ3v) is 4.46. The van der Waals surface area contributed by atoms with Gasteiger partial charge in [-0.3, -0.25) is 9.59 Å². The Bertz CT molecular complexity index is 576. The van der Waals surface area contributed by atoms with Crippen molar-refractivity contribution in [3.05, 3.63) is 23.8 Å². The Balaban J connectivity index is 2.05. The van der Waals surface area contributed by atoms with Crippen molar-refractivity contribution in [3.63, 3.8) is 0 Å². The molecule has 0 saturated carbocycles. The van der Waals surface area contributed by atoms with Crippen molar-refractivity contribution in [2.45, 2.75) is 39.5 Å². The number of benzene rings is 1. The summed E-state index contributed by atoms with van der Waals surface area (Å²) in [5.41, 5.74) is 1.88. The molecular weight excluding hydrogens is 292 g/mol. The van der Waals surface area contributed by atoms with Crippen molar-refractivity contribution in [2.24, 2.45) is 5.92 Å². The number of nitrogens with one attached hydrogen (secondary N) is 1. The molecule has 0 spiro atoms. The van der Waals surface area contributed by atoms with E-state index in [0.717, 1.165) is 11.3 Å². The Labute approximate surface area is 138 Å². The highest BCUT2D eigenvalue weighted by molar-refractivity contribution is 5.94. The molecular formula is C18H26N2O3. The van der Waals surface area contributed by atoms with E-state index in [4.69, 9.17) is 4.74 Å². The van der Waals surface area contributed by atoms with Crippen LogP contribution in [0.5, 0.6) is 5.75 Å². The predicted octanol–water partition coefficient (Wildman–Crippen LogP) is 3.02.